The maximum Gasteiger partial charge on any atom is 0.150 e. The molecule has 0 radical (unpaired) electrons. The molecule has 0 heterocycles. The van der Waals surface area contributed by atoms with Gasteiger partial charge < -0.3 is 0 Å². The molecule has 0 unspecified atom stereocenters. The highest BCUT2D eigenvalue weighted by Crippen LogP contribution is 2.39. The Morgan fingerprint density at radius 2 is 0.833 bits per heavy atom. The third kappa shape index (κ3) is 1.68. The molecule has 4 heteroatoms. The van der Waals surface area contributed by atoms with E-state index in [0.717, 1.165) is 35.9 Å². The van der Waals surface area contributed by atoms with Gasteiger partial charge >= 0.3 is 0 Å². The van der Waals surface area contributed by atoms with Gasteiger partial charge in [-0.1, -0.05) is 24.3 Å². The quantitative estimate of drug-likeness (QED) is 0.424. The Balaban J connectivity index is 2.46. The topological polar surface area (TPSA) is 68.3 Å². The molecule has 0 atom stereocenters. The number of benzene rings is 4. The fraction of sp³-hybridized carbons (Fsp3) is 0. The molecule has 4 nitrogen and oxygen atoms in total. The molecule has 0 N–H and O–H groups in total. The number of carbonyl (C=O) groups excluding carboxylic acids is 4. The molecule has 0 amide bonds. The number of rotatable bonds is 4. The van der Waals surface area contributed by atoms with Gasteiger partial charge in [0, 0.05) is 22.3 Å². The van der Waals surface area contributed by atoms with Crippen LogP contribution in [0.5, 0.6) is 0 Å². The molecule has 0 bridgehead atoms. The van der Waals surface area contributed by atoms with Crippen molar-refractivity contribution in [2.45, 2.75) is 0 Å². The first kappa shape index (κ1) is 14.2. The second-order valence-electron chi connectivity index (χ2n) is 5.65. The fourth-order valence-corrected chi connectivity index (χ4v) is 3.47. The summed E-state index contributed by atoms with van der Waals surface area (Å²) < 4.78 is 0. The zero-order valence-corrected chi connectivity index (χ0v) is 12.4. The summed E-state index contributed by atoms with van der Waals surface area (Å²) in [7, 11) is 0. The van der Waals surface area contributed by atoms with Crippen LogP contribution >= 0.6 is 0 Å². The largest absolute Gasteiger partial charge is 0.298 e. The van der Waals surface area contributed by atoms with E-state index in [-0.39, 0.29) is 0 Å². The van der Waals surface area contributed by atoms with Crippen LogP contribution in [0.15, 0.2) is 36.4 Å². The highest BCUT2D eigenvalue weighted by Gasteiger charge is 2.18. The van der Waals surface area contributed by atoms with Crippen LogP contribution in [0.4, 0.5) is 0 Å². The summed E-state index contributed by atoms with van der Waals surface area (Å²) in [6.07, 6.45) is 2.92. The van der Waals surface area contributed by atoms with Crippen LogP contribution < -0.4 is 0 Å². The zero-order valence-electron chi connectivity index (χ0n) is 12.4. The van der Waals surface area contributed by atoms with E-state index in [1.165, 1.54) is 0 Å². The molecule has 0 aliphatic carbocycles. The highest BCUT2D eigenvalue weighted by molar-refractivity contribution is 6.31. The van der Waals surface area contributed by atoms with E-state index in [1.807, 2.05) is 0 Å². The number of hydrogen-bond acceptors (Lipinski definition) is 4. The second kappa shape index (κ2) is 5.06. The molecule has 0 aliphatic heterocycles. The Labute approximate surface area is 136 Å². The van der Waals surface area contributed by atoms with Gasteiger partial charge in [-0.2, -0.15) is 0 Å². The van der Waals surface area contributed by atoms with Crippen molar-refractivity contribution in [3.05, 3.63) is 58.7 Å². The van der Waals surface area contributed by atoms with Crippen LogP contribution in [0.2, 0.25) is 0 Å². The van der Waals surface area contributed by atoms with Gasteiger partial charge in [0.05, 0.1) is 0 Å². The molecule has 4 rings (SSSR count). The average molecular weight is 314 g/mol. The first-order valence-corrected chi connectivity index (χ1v) is 7.32. The van der Waals surface area contributed by atoms with Gasteiger partial charge in [-0.05, 0) is 44.5 Å². The normalized spacial score (nSPS) is 11.2. The smallest absolute Gasteiger partial charge is 0.150 e. The lowest BCUT2D eigenvalue weighted by molar-refractivity contribution is 0.111. The van der Waals surface area contributed by atoms with E-state index in [0.29, 0.717) is 43.8 Å². The van der Waals surface area contributed by atoms with Gasteiger partial charge in [0.2, 0.25) is 0 Å². The van der Waals surface area contributed by atoms with Gasteiger partial charge in [-0.15, -0.1) is 0 Å². The van der Waals surface area contributed by atoms with Crippen LogP contribution in [-0.4, -0.2) is 25.1 Å². The maximum atomic E-state index is 11.5. The van der Waals surface area contributed by atoms with Crippen molar-refractivity contribution in [2.75, 3.05) is 0 Å². The third-order valence-corrected chi connectivity index (χ3v) is 4.54. The van der Waals surface area contributed by atoms with Crippen LogP contribution in [-0.2, 0) is 0 Å². The van der Waals surface area contributed by atoms with Crippen LogP contribution in [0, 0.1) is 0 Å². The average Bonchev–Trinajstić information content (AvgIpc) is 2.64. The van der Waals surface area contributed by atoms with Crippen molar-refractivity contribution < 1.29 is 19.2 Å². The Hall–Kier alpha value is -3.40. The Kier molecular flexibility index (Phi) is 3.00. The summed E-state index contributed by atoms with van der Waals surface area (Å²) in [6, 6.07) is 10.0. The lowest BCUT2D eigenvalue weighted by atomic mass is 9.86. The lowest BCUT2D eigenvalue weighted by Gasteiger charge is -2.16. The van der Waals surface area contributed by atoms with E-state index in [9.17, 15) is 19.2 Å². The molecule has 0 saturated carbocycles. The SMILES string of the molecule is O=Cc1cc2c(C=O)ccc3c(C=O)cc4c(C=O)ccc1c4c32. The number of carbonyl (C=O) groups is 4. The zero-order chi connectivity index (χ0) is 16.8. The van der Waals surface area contributed by atoms with Gasteiger partial charge in [0.25, 0.3) is 0 Å². The molecular formula is C20H10O4. The van der Waals surface area contributed by atoms with Crippen molar-refractivity contribution in [3.8, 4) is 0 Å². The van der Waals surface area contributed by atoms with E-state index in [2.05, 4.69) is 0 Å². The predicted octanol–water partition coefficient (Wildman–Crippen LogP) is 3.83. The predicted molar refractivity (Wildman–Crippen MR) is 91.7 cm³/mol. The van der Waals surface area contributed by atoms with Crippen LogP contribution in [0.1, 0.15) is 41.4 Å². The summed E-state index contributed by atoms with van der Waals surface area (Å²) >= 11 is 0. The molecule has 4 aromatic carbocycles. The molecule has 0 aliphatic rings. The summed E-state index contributed by atoms with van der Waals surface area (Å²) in [4.78, 5) is 45.9. The summed E-state index contributed by atoms with van der Waals surface area (Å²) in [5.41, 5.74) is 1.76. The number of hydrogen-bond donors (Lipinski definition) is 0. The highest BCUT2D eigenvalue weighted by atomic mass is 16.1. The molecule has 24 heavy (non-hydrogen) atoms. The molecule has 4 aromatic rings. The van der Waals surface area contributed by atoms with Gasteiger partial charge in [0.1, 0.15) is 0 Å². The van der Waals surface area contributed by atoms with Crippen molar-refractivity contribution in [3.63, 3.8) is 0 Å². The molecule has 114 valence electrons. The maximum absolute atomic E-state index is 11.5. The van der Waals surface area contributed by atoms with E-state index >= 15 is 0 Å². The second-order valence-corrected chi connectivity index (χ2v) is 5.65. The summed E-state index contributed by atoms with van der Waals surface area (Å²) in [5, 5.41) is 4.06. The summed E-state index contributed by atoms with van der Waals surface area (Å²) in [5.74, 6) is 0. The van der Waals surface area contributed by atoms with Gasteiger partial charge in [-0.3, -0.25) is 19.2 Å². The molecular weight excluding hydrogens is 304 g/mol. The van der Waals surface area contributed by atoms with E-state index in [1.54, 1.807) is 36.4 Å². The minimum absolute atomic E-state index is 0.438. The van der Waals surface area contributed by atoms with E-state index < -0.39 is 0 Å². The Bertz CT molecular complexity index is 1080. The van der Waals surface area contributed by atoms with Gasteiger partial charge in [-0.25, -0.2) is 0 Å². The molecule has 0 aromatic heterocycles. The van der Waals surface area contributed by atoms with Crippen molar-refractivity contribution in [1.29, 1.82) is 0 Å². The lowest BCUT2D eigenvalue weighted by Crippen LogP contribution is -1.97. The van der Waals surface area contributed by atoms with Crippen molar-refractivity contribution >= 4 is 57.5 Å². The third-order valence-electron chi connectivity index (χ3n) is 4.54. The molecule has 0 fully saturated rings. The number of aldehydes is 4. The van der Waals surface area contributed by atoms with Crippen molar-refractivity contribution in [2.24, 2.45) is 0 Å². The fourth-order valence-electron chi connectivity index (χ4n) is 3.47. The van der Waals surface area contributed by atoms with Crippen molar-refractivity contribution in [1.82, 2.24) is 0 Å². The Morgan fingerprint density at radius 3 is 1.17 bits per heavy atom. The standard InChI is InChI=1S/C20H10O4/c21-7-11-1-3-15-13(9-23)6-18-12(8-22)2-4-16-14(10-24)5-17(11)19(15)20(16)18/h1-10H. The van der Waals surface area contributed by atoms with E-state index in [4.69, 9.17) is 0 Å². The molecule has 0 saturated heterocycles. The first-order valence-electron chi connectivity index (χ1n) is 7.32. The monoisotopic (exact) mass is 314 g/mol. The van der Waals surface area contributed by atoms with Crippen LogP contribution in [0.3, 0.4) is 0 Å². The minimum atomic E-state index is 0.438. The summed E-state index contributed by atoms with van der Waals surface area (Å²) in [6.45, 7) is 0. The Morgan fingerprint density at radius 1 is 0.458 bits per heavy atom. The first-order chi connectivity index (χ1) is 11.7. The van der Waals surface area contributed by atoms with Crippen LogP contribution in [0.25, 0.3) is 32.3 Å². The molecule has 0 spiro atoms. The minimum Gasteiger partial charge on any atom is -0.298 e. The van der Waals surface area contributed by atoms with Gasteiger partial charge in [0.15, 0.2) is 25.1 Å².